The van der Waals surface area contributed by atoms with Gasteiger partial charge in [-0.05, 0) is 17.7 Å². The number of hydrogen-bond donors (Lipinski definition) is 1. The lowest BCUT2D eigenvalue weighted by atomic mass is 10.2. The Kier molecular flexibility index (Phi) is 3.73. The first-order valence-electron chi connectivity index (χ1n) is 6.61. The van der Waals surface area contributed by atoms with Crippen LogP contribution in [0.3, 0.4) is 0 Å². The number of hydrogen-bond acceptors (Lipinski definition) is 3. The Morgan fingerprint density at radius 3 is 2.60 bits per heavy atom. The zero-order valence-electron chi connectivity index (χ0n) is 11.1. The molecule has 0 unspecified atom stereocenters. The molecule has 0 bridgehead atoms. The van der Waals surface area contributed by atoms with Crippen molar-refractivity contribution < 1.29 is 0 Å². The third kappa shape index (κ3) is 3.23. The molecule has 0 aliphatic heterocycles. The van der Waals surface area contributed by atoms with Crippen molar-refractivity contribution in [3.8, 4) is 0 Å². The molecule has 100 valence electrons. The van der Waals surface area contributed by atoms with Gasteiger partial charge in [0.1, 0.15) is 5.82 Å². The minimum Gasteiger partial charge on any atom is -0.363 e. The van der Waals surface area contributed by atoms with Gasteiger partial charge < -0.3 is 5.32 Å². The van der Waals surface area contributed by atoms with Crippen LogP contribution in [0.4, 0.5) is 5.82 Å². The highest BCUT2D eigenvalue weighted by atomic mass is 15.3. The fourth-order valence-electron chi connectivity index (χ4n) is 2.00. The van der Waals surface area contributed by atoms with Crippen LogP contribution in [0.1, 0.15) is 11.3 Å². The van der Waals surface area contributed by atoms with Gasteiger partial charge in [-0.25, -0.2) is 0 Å². The van der Waals surface area contributed by atoms with Crippen molar-refractivity contribution in [3.63, 3.8) is 0 Å². The maximum absolute atomic E-state index is 4.50. The van der Waals surface area contributed by atoms with Crippen molar-refractivity contribution in [1.29, 1.82) is 0 Å². The summed E-state index contributed by atoms with van der Waals surface area (Å²) in [7, 11) is 0. The molecule has 2 heterocycles. The van der Waals surface area contributed by atoms with Crippen molar-refractivity contribution in [2.24, 2.45) is 0 Å². The number of nitrogens with zero attached hydrogens (tertiary/aromatic N) is 3. The van der Waals surface area contributed by atoms with Crippen LogP contribution in [0.25, 0.3) is 0 Å². The average Bonchev–Trinajstić information content (AvgIpc) is 2.95. The minimum absolute atomic E-state index is 0.684. The predicted molar refractivity (Wildman–Crippen MR) is 79.3 cm³/mol. The Labute approximate surface area is 118 Å². The molecule has 0 atom stereocenters. The maximum atomic E-state index is 4.50. The second-order valence-electron chi connectivity index (χ2n) is 4.56. The molecule has 1 aromatic carbocycles. The van der Waals surface area contributed by atoms with Crippen LogP contribution in [0.2, 0.25) is 0 Å². The van der Waals surface area contributed by atoms with Crippen molar-refractivity contribution in [2.75, 3.05) is 5.32 Å². The van der Waals surface area contributed by atoms with Gasteiger partial charge in [-0.3, -0.25) is 9.67 Å². The molecule has 0 aliphatic rings. The summed E-state index contributed by atoms with van der Waals surface area (Å²) in [6, 6.07) is 18.2. The second-order valence-corrected chi connectivity index (χ2v) is 4.56. The maximum Gasteiger partial charge on any atom is 0.148 e. The summed E-state index contributed by atoms with van der Waals surface area (Å²) < 4.78 is 1.93. The molecule has 0 radical (unpaired) electrons. The van der Waals surface area contributed by atoms with E-state index in [0.29, 0.717) is 6.54 Å². The summed E-state index contributed by atoms with van der Waals surface area (Å²) in [5.41, 5.74) is 2.25. The van der Waals surface area contributed by atoms with E-state index in [9.17, 15) is 0 Å². The van der Waals surface area contributed by atoms with E-state index in [-0.39, 0.29) is 0 Å². The van der Waals surface area contributed by atoms with Crippen LogP contribution < -0.4 is 5.32 Å². The van der Waals surface area contributed by atoms with Gasteiger partial charge in [0.15, 0.2) is 0 Å². The quantitative estimate of drug-likeness (QED) is 0.770. The molecule has 3 aromatic rings. The summed E-state index contributed by atoms with van der Waals surface area (Å²) in [6.45, 7) is 1.47. The van der Waals surface area contributed by atoms with Gasteiger partial charge >= 0.3 is 0 Å². The standard InChI is InChI=1S/C16H16N4/c1-2-6-14(7-3-1)13-20-11-9-16(19-20)18-12-15-8-4-5-10-17-15/h1-11H,12-13H2,(H,18,19). The van der Waals surface area contributed by atoms with Gasteiger partial charge in [0.25, 0.3) is 0 Å². The molecule has 0 saturated carbocycles. The van der Waals surface area contributed by atoms with Gasteiger partial charge in [-0.1, -0.05) is 36.4 Å². The van der Waals surface area contributed by atoms with Gasteiger partial charge in [0.2, 0.25) is 0 Å². The largest absolute Gasteiger partial charge is 0.363 e. The van der Waals surface area contributed by atoms with Crippen LogP contribution >= 0.6 is 0 Å². The number of anilines is 1. The lowest BCUT2D eigenvalue weighted by Gasteiger charge is -2.03. The lowest BCUT2D eigenvalue weighted by molar-refractivity contribution is 0.688. The summed E-state index contributed by atoms with van der Waals surface area (Å²) in [4.78, 5) is 4.27. The molecule has 0 saturated heterocycles. The molecule has 4 nitrogen and oxygen atoms in total. The van der Waals surface area contributed by atoms with Gasteiger partial charge in [0.05, 0.1) is 18.8 Å². The first-order chi connectivity index (χ1) is 9.90. The summed E-state index contributed by atoms with van der Waals surface area (Å²) >= 11 is 0. The Bertz CT molecular complexity index is 647. The number of nitrogens with one attached hydrogen (secondary N) is 1. The average molecular weight is 264 g/mol. The predicted octanol–water partition coefficient (Wildman–Crippen LogP) is 2.94. The number of aromatic nitrogens is 3. The molecular formula is C16H16N4. The van der Waals surface area contributed by atoms with Gasteiger partial charge in [0, 0.05) is 18.5 Å². The Morgan fingerprint density at radius 1 is 0.950 bits per heavy atom. The highest BCUT2D eigenvalue weighted by Crippen LogP contribution is 2.07. The monoisotopic (exact) mass is 264 g/mol. The third-order valence-electron chi connectivity index (χ3n) is 3.00. The van der Waals surface area contributed by atoms with Gasteiger partial charge in [-0.15, -0.1) is 0 Å². The van der Waals surface area contributed by atoms with Crippen LogP contribution in [-0.2, 0) is 13.1 Å². The number of rotatable bonds is 5. The smallest absolute Gasteiger partial charge is 0.148 e. The molecule has 0 fully saturated rings. The van der Waals surface area contributed by atoms with Crippen LogP contribution in [-0.4, -0.2) is 14.8 Å². The Hall–Kier alpha value is -2.62. The second kappa shape index (κ2) is 6.02. The summed E-state index contributed by atoms with van der Waals surface area (Å²) in [6.07, 6.45) is 3.78. The fourth-order valence-corrected chi connectivity index (χ4v) is 2.00. The molecule has 4 heteroatoms. The number of benzene rings is 1. The van der Waals surface area contributed by atoms with Crippen molar-refractivity contribution in [1.82, 2.24) is 14.8 Å². The highest BCUT2D eigenvalue weighted by molar-refractivity contribution is 5.33. The molecule has 0 spiro atoms. The van der Waals surface area contributed by atoms with E-state index >= 15 is 0 Å². The van der Waals surface area contributed by atoms with E-state index in [1.807, 2.05) is 53.3 Å². The summed E-state index contributed by atoms with van der Waals surface area (Å²) in [5.74, 6) is 0.867. The zero-order chi connectivity index (χ0) is 13.6. The normalized spacial score (nSPS) is 10.4. The molecule has 3 rings (SSSR count). The minimum atomic E-state index is 0.684. The topological polar surface area (TPSA) is 42.7 Å². The summed E-state index contributed by atoms with van der Waals surface area (Å²) in [5, 5.41) is 7.77. The van der Waals surface area contributed by atoms with E-state index < -0.39 is 0 Å². The first-order valence-corrected chi connectivity index (χ1v) is 6.61. The van der Waals surface area contributed by atoms with Crippen molar-refractivity contribution in [3.05, 3.63) is 78.2 Å². The molecule has 20 heavy (non-hydrogen) atoms. The van der Waals surface area contributed by atoms with E-state index in [4.69, 9.17) is 0 Å². The van der Waals surface area contributed by atoms with Gasteiger partial charge in [-0.2, -0.15) is 5.10 Å². The van der Waals surface area contributed by atoms with E-state index in [1.54, 1.807) is 6.20 Å². The molecule has 0 aliphatic carbocycles. The van der Waals surface area contributed by atoms with Crippen molar-refractivity contribution in [2.45, 2.75) is 13.1 Å². The highest BCUT2D eigenvalue weighted by Gasteiger charge is 2.00. The van der Waals surface area contributed by atoms with Crippen LogP contribution in [0, 0.1) is 0 Å². The number of pyridine rings is 1. The molecule has 1 N–H and O–H groups in total. The Morgan fingerprint density at radius 2 is 1.80 bits per heavy atom. The van der Waals surface area contributed by atoms with Crippen LogP contribution in [0.15, 0.2) is 67.0 Å². The first kappa shape index (κ1) is 12.4. The SMILES string of the molecule is c1ccc(Cn2ccc(NCc3ccccn3)n2)cc1. The lowest BCUT2D eigenvalue weighted by Crippen LogP contribution is -2.04. The molecular weight excluding hydrogens is 248 g/mol. The van der Waals surface area contributed by atoms with Crippen LogP contribution in [0.5, 0.6) is 0 Å². The molecule has 0 amide bonds. The third-order valence-corrected chi connectivity index (χ3v) is 3.00. The van der Waals surface area contributed by atoms with E-state index in [0.717, 1.165) is 18.1 Å². The fraction of sp³-hybridized carbons (Fsp3) is 0.125. The van der Waals surface area contributed by atoms with Crippen molar-refractivity contribution >= 4 is 5.82 Å². The Balaban J connectivity index is 1.60. The zero-order valence-corrected chi connectivity index (χ0v) is 11.1. The van der Waals surface area contributed by atoms with E-state index in [1.165, 1.54) is 5.56 Å². The molecule has 2 aromatic heterocycles. The van der Waals surface area contributed by atoms with E-state index in [2.05, 4.69) is 27.5 Å².